The van der Waals surface area contributed by atoms with Crippen LogP contribution < -0.4 is 15.8 Å². The summed E-state index contributed by atoms with van der Waals surface area (Å²) < 4.78 is 5.53. The van der Waals surface area contributed by atoms with E-state index >= 15 is 0 Å². The second kappa shape index (κ2) is 8.53. The maximum absolute atomic E-state index is 11.6. The molecule has 0 saturated carbocycles. The Morgan fingerprint density at radius 1 is 1.32 bits per heavy atom. The van der Waals surface area contributed by atoms with Crippen LogP contribution >= 0.6 is 0 Å². The van der Waals surface area contributed by atoms with Crippen LogP contribution in [0.5, 0.6) is 5.75 Å². The first-order valence-corrected chi connectivity index (χ1v) is 6.80. The molecule has 4 heteroatoms. The third kappa shape index (κ3) is 6.82. The average molecular weight is 264 g/mol. The van der Waals surface area contributed by atoms with E-state index in [2.05, 4.69) is 19.2 Å². The quantitative estimate of drug-likeness (QED) is 0.705. The lowest BCUT2D eigenvalue weighted by atomic mass is 10.0. The SMILES string of the molecule is CC(C)C[C@H](N)C(=O)NCCCOc1ccccc1. The molecular formula is C15H24N2O2. The van der Waals surface area contributed by atoms with Crippen molar-refractivity contribution in [3.05, 3.63) is 30.3 Å². The van der Waals surface area contributed by atoms with Gasteiger partial charge in [0.15, 0.2) is 0 Å². The van der Waals surface area contributed by atoms with Gasteiger partial charge in [0.25, 0.3) is 0 Å². The van der Waals surface area contributed by atoms with Crippen molar-refractivity contribution in [1.82, 2.24) is 5.32 Å². The van der Waals surface area contributed by atoms with Crippen LogP contribution in [0.15, 0.2) is 30.3 Å². The molecule has 0 aromatic heterocycles. The first kappa shape index (κ1) is 15.5. The minimum atomic E-state index is -0.407. The van der Waals surface area contributed by atoms with E-state index < -0.39 is 6.04 Å². The van der Waals surface area contributed by atoms with Crippen molar-refractivity contribution in [2.75, 3.05) is 13.2 Å². The van der Waals surface area contributed by atoms with Crippen molar-refractivity contribution in [1.29, 1.82) is 0 Å². The lowest BCUT2D eigenvalue weighted by Crippen LogP contribution is -2.41. The van der Waals surface area contributed by atoms with Crippen LogP contribution in [0.2, 0.25) is 0 Å². The molecule has 19 heavy (non-hydrogen) atoms. The smallest absolute Gasteiger partial charge is 0.236 e. The largest absolute Gasteiger partial charge is 0.494 e. The van der Waals surface area contributed by atoms with Gasteiger partial charge >= 0.3 is 0 Å². The van der Waals surface area contributed by atoms with Gasteiger partial charge in [0, 0.05) is 6.54 Å². The zero-order valence-electron chi connectivity index (χ0n) is 11.8. The minimum Gasteiger partial charge on any atom is -0.494 e. The van der Waals surface area contributed by atoms with Crippen LogP contribution in [0.4, 0.5) is 0 Å². The Morgan fingerprint density at radius 3 is 2.63 bits per heavy atom. The molecule has 0 heterocycles. The van der Waals surface area contributed by atoms with E-state index in [1.807, 2.05) is 30.3 Å². The fourth-order valence-corrected chi connectivity index (χ4v) is 1.74. The lowest BCUT2D eigenvalue weighted by Gasteiger charge is -2.14. The molecule has 1 aromatic rings. The zero-order valence-corrected chi connectivity index (χ0v) is 11.8. The molecule has 0 unspecified atom stereocenters. The Balaban J connectivity index is 2.09. The predicted molar refractivity (Wildman–Crippen MR) is 77.0 cm³/mol. The molecule has 0 radical (unpaired) electrons. The van der Waals surface area contributed by atoms with Crippen LogP contribution in [0, 0.1) is 5.92 Å². The standard InChI is InChI=1S/C15H24N2O2/c1-12(2)11-14(16)15(18)17-9-6-10-19-13-7-4-3-5-8-13/h3-5,7-8,12,14H,6,9-11,16H2,1-2H3,(H,17,18)/t14-/m0/s1. The number of ether oxygens (including phenoxy) is 1. The zero-order chi connectivity index (χ0) is 14.1. The van der Waals surface area contributed by atoms with E-state index in [9.17, 15) is 4.79 Å². The molecule has 3 N–H and O–H groups in total. The Hall–Kier alpha value is -1.55. The van der Waals surface area contributed by atoms with Crippen molar-refractivity contribution in [2.45, 2.75) is 32.7 Å². The summed E-state index contributed by atoms with van der Waals surface area (Å²) in [6.07, 6.45) is 1.49. The van der Waals surface area contributed by atoms with Gasteiger partial charge in [-0.25, -0.2) is 0 Å². The molecule has 1 atom stereocenters. The number of hydrogen-bond donors (Lipinski definition) is 2. The van der Waals surface area contributed by atoms with Gasteiger partial charge in [0.05, 0.1) is 12.6 Å². The summed E-state index contributed by atoms with van der Waals surface area (Å²) in [6, 6.07) is 9.23. The van der Waals surface area contributed by atoms with Gasteiger partial charge in [-0.15, -0.1) is 0 Å². The van der Waals surface area contributed by atoms with Crippen molar-refractivity contribution >= 4 is 5.91 Å². The van der Waals surface area contributed by atoms with Gasteiger partial charge in [-0.3, -0.25) is 4.79 Å². The number of rotatable bonds is 8. The Bertz CT molecular complexity index is 366. The number of nitrogens with one attached hydrogen (secondary N) is 1. The molecule has 1 aromatic carbocycles. The summed E-state index contributed by atoms with van der Waals surface area (Å²) in [5, 5.41) is 2.83. The van der Waals surface area contributed by atoms with Gasteiger partial charge in [-0.1, -0.05) is 32.0 Å². The van der Waals surface area contributed by atoms with Crippen LogP contribution in [-0.4, -0.2) is 25.1 Å². The third-order valence-corrected chi connectivity index (χ3v) is 2.69. The van der Waals surface area contributed by atoms with Gasteiger partial charge in [-0.05, 0) is 30.9 Å². The molecule has 1 rings (SSSR count). The summed E-state index contributed by atoms with van der Waals surface area (Å²) >= 11 is 0. The number of benzene rings is 1. The summed E-state index contributed by atoms with van der Waals surface area (Å²) in [7, 11) is 0. The molecule has 0 aliphatic rings. The second-order valence-corrected chi connectivity index (χ2v) is 5.04. The highest BCUT2D eigenvalue weighted by atomic mass is 16.5. The van der Waals surface area contributed by atoms with Crippen molar-refractivity contribution in [2.24, 2.45) is 11.7 Å². The van der Waals surface area contributed by atoms with Crippen LogP contribution in [0.3, 0.4) is 0 Å². The lowest BCUT2D eigenvalue weighted by molar-refractivity contribution is -0.122. The Kier molecular flexibility index (Phi) is 6.97. The fraction of sp³-hybridized carbons (Fsp3) is 0.533. The number of para-hydroxylation sites is 1. The normalized spacial score (nSPS) is 12.2. The molecule has 0 saturated heterocycles. The molecular weight excluding hydrogens is 240 g/mol. The maximum atomic E-state index is 11.6. The van der Waals surface area contributed by atoms with Gasteiger partial charge in [-0.2, -0.15) is 0 Å². The number of hydrogen-bond acceptors (Lipinski definition) is 3. The summed E-state index contributed by atoms with van der Waals surface area (Å²) in [5.41, 5.74) is 5.78. The molecule has 4 nitrogen and oxygen atoms in total. The molecule has 0 fully saturated rings. The number of amides is 1. The first-order chi connectivity index (χ1) is 9.09. The molecule has 1 amide bonds. The first-order valence-electron chi connectivity index (χ1n) is 6.80. The van der Waals surface area contributed by atoms with E-state index in [1.54, 1.807) is 0 Å². The molecule has 0 spiro atoms. The van der Waals surface area contributed by atoms with E-state index in [1.165, 1.54) is 0 Å². The predicted octanol–water partition coefficient (Wildman–Crippen LogP) is 1.95. The topological polar surface area (TPSA) is 64.4 Å². The van der Waals surface area contributed by atoms with Gasteiger partial charge < -0.3 is 15.8 Å². The number of nitrogens with two attached hydrogens (primary N) is 1. The molecule has 0 aliphatic carbocycles. The van der Waals surface area contributed by atoms with Crippen LogP contribution in [-0.2, 0) is 4.79 Å². The van der Waals surface area contributed by atoms with Gasteiger partial charge in [0.2, 0.25) is 5.91 Å². The molecule has 0 aliphatic heterocycles. The van der Waals surface area contributed by atoms with E-state index in [4.69, 9.17) is 10.5 Å². The van der Waals surface area contributed by atoms with E-state index in [0.29, 0.717) is 25.5 Å². The minimum absolute atomic E-state index is 0.0755. The summed E-state index contributed by atoms with van der Waals surface area (Å²) in [5.74, 6) is 1.21. The highest BCUT2D eigenvalue weighted by Crippen LogP contribution is 2.08. The van der Waals surface area contributed by atoms with E-state index in [0.717, 1.165) is 12.2 Å². The highest BCUT2D eigenvalue weighted by Gasteiger charge is 2.13. The number of carbonyl (C=O) groups is 1. The van der Waals surface area contributed by atoms with Gasteiger partial charge in [0.1, 0.15) is 5.75 Å². The third-order valence-electron chi connectivity index (χ3n) is 2.69. The molecule has 106 valence electrons. The summed E-state index contributed by atoms with van der Waals surface area (Å²) in [6.45, 7) is 5.29. The molecule has 0 bridgehead atoms. The van der Waals surface area contributed by atoms with Crippen molar-refractivity contribution in [3.8, 4) is 5.75 Å². The maximum Gasteiger partial charge on any atom is 0.236 e. The fourth-order valence-electron chi connectivity index (χ4n) is 1.74. The summed E-state index contributed by atoms with van der Waals surface area (Å²) in [4.78, 5) is 11.6. The van der Waals surface area contributed by atoms with Crippen molar-refractivity contribution in [3.63, 3.8) is 0 Å². The van der Waals surface area contributed by atoms with Crippen LogP contribution in [0.1, 0.15) is 26.7 Å². The monoisotopic (exact) mass is 264 g/mol. The Morgan fingerprint density at radius 2 is 2.00 bits per heavy atom. The van der Waals surface area contributed by atoms with Crippen molar-refractivity contribution < 1.29 is 9.53 Å². The number of carbonyl (C=O) groups excluding carboxylic acids is 1. The Labute approximate surface area is 115 Å². The second-order valence-electron chi connectivity index (χ2n) is 5.04. The van der Waals surface area contributed by atoms with E-state index in [-0.39, 0.29) is 5.91 Å². The average Bonchev–Trinajstić information content (AvgIpc) is 2.38. The highest BCUT2D eigenvalue weighted by molar-refractivity contribution is 5.81. The van der Waals surface area contributed by atoms with Crippen LogP contribution in [0.25, 0.3) is 0 Å².